The highest BCUT2D eigenvalue weighted by Crippen LogP contribution is 2.22. The average molecular weight is 244 g/mol. The van der Waals surface area contributed by atoms with Gasteiger partial charge in [0, 0.05) is 18.2 Å². The quantitative estimate of drug-likeness (QED) is 0.818. The molecule has 1 aromatic heterocycles. The fourth-order valence-corrected chi connectivity index (χ4v) is 1.82. The second-order valence-corrected chi connectivity index (χ2v) is 4.66. The summed E-state index contributed by atoms with van der Waals surface area (Å²) < 4.78 is 5.39. The summed E-state index contributed by atoms with van der Waals surface area (Å²) in [6.45, 7) is 8.14. The van der Waals surface area contributed by atoms with Crippen LogP contribution in [0.15, 0.2) is 28.8 Å². The third kappa shape index (κ3) is 2.99. The van der Waals surface area contributed by atoms with Crippen molar-refractivity contribution in [1.82, 2.24) is 10.5 Å². The Labute approximate surface area is 108 Å². The van der Waals surface area contributed by atoms with E-state index in [0.717, 1.165) is 36.5 Å². The molecule has 0 radical (unpaired) electrons. The van der Waals surface area contributed by atoms with Gasteiger partial charge in [-0.15, -0.1) is 0 Å². The van der Waals surface area contributed by atoms with E-state index in [-0.39, 0.29) is 0 Å². The highest BCUT2D eigenvalue weighted by molar-refractivity contribution is 5.59. The largest absolute Gasteiger partial charge is 0.356 e. The summed E-state index contributed by atoms with van der Waals surface area (Å²) in [5, 5.41) is 7.39. The standard InChI is InChI=1S/C15H20N2O/c1-4-7-16-10-14-9-15(18-17-14)13-6-5-11(2)12(3)8-13/h5-6,8-9,16H,4,7,10H2,1-3H3. The minimum absolute atomic E-state index is 0.766. The molecule has 1 heterocycles. The first kappa shape index (κ1) is 12.8. The van der Waals surface area contributed by atoms with Gasteiger partial charge in [-0.25, -0.2) is 0 Å². The first-order chi connectivity index (χ1) is 8.70. The normalized spacial score (nSPS) is 10.8. The lowest BCUT2D eigenvalue weighted by molar-refractivity contribution is 0.420. The molecule has 2 aromatic rings. The number of nitrogens with one attached hydrogen (secondary N) is 1. The molecule has 0 aliphatic rings. The summed E-state index contributed by atoms with van der Waals surface area (Å²) in [6.07, 6.45) is 1.13. The van der Waals surface area contributed by atoms with Crippen molar-refractivity contribution in [3.8, 4) is 11.3 Å². The second kappa shape index (κ2) is 5.83. The zero-order valence-corrected chi connectivity index (χ0v) is 11.3. The summed E-state index contributed by atoms with van der Waals surface area (Å²) in [5.74, 6) is 0.839. The van der Waals surface area contributed by atoms with E-state index in [2.05, 4.69) is 49.4 Å². The molecule has 1 N–H and O–H groups in total. The molecule has 96 valence electrons. The zero-order chi connectivity index (χ0) is 13.0. The van der Waals surface area contributed by atoms with Crippen LogP contribution in [0.4, 0.5) is 0 Å². The van der Waals surface area contributed by atoms with Crippen LogP contribution < -0.4 is 5.32 Å². The summed E-state index contributed by atoms with van der Waals surface area (Å²) >= 11 is 0. The summed E-state index contributed by atoms with van der Waals surface area (Å²) in [6, 6.07) is 8.33. The lowest BCUT2D eigenvalue weighted by Crippen LogP contribution is -2.13. The minimum Gasteiger partial charge on any atom is -0.356 e. The lowest BCUT2D eigenvalue weighted by Gasteiger charge is -2.01. The smallest absolute Gasteiger partial charge is 0.167 e. The maximum atomic E-state index is 5.39. The topological polar surface area (TPSA) is 38.1 Å². The van der Waals surface area contributed by atoms with E-state index in [1.54, 1.807) is 0 Å². The van der Waals surface area contributed by atoms with Crippen molar-refractivity contribution >= 4 is 0 Å². The molecule has 0 fully saturated rings. The maximum Gasteiger partial charge on any atom is 0.167 e. The Morgan fingerprint density at radius 1 is 1.17 bits per heavy atom. The van der Waals surface area contributed by atoms with Crippen LogP contribution in [0.25, 0.3) is 11.3 Å². The van der Waals surface area contributed by atoms with Gasteiger partial charge >= 0.3 is 0 Å². The zero-order valence-electron chi connectivity index (χ0n) is 11.3. The number of nitrogens with zero attached hydrogens (tertiary/aromatic N) is 1. The Bertz CT molecular complexity index is 517. The molecular weight excluding hydrogens is 224 g/mol. The number of aryl methyl sites for hydroxylation is 2. The van der Waals surface area contributed by atoms with Gasteiger partial charge in [0.1, 0.15) is 0 Å². The molecule has 3 heteroatoms. The van der Waals surface area contributed by atoms with Gasteiger partial charge in [-0.1, -0.05) is 24.2 Å². The molecule has 1 aromatic carbocycles. The second-order valence-electron chi connectivity index (χ2n) is 4.66. The van der Waals surface area contributed by atoms with Gasteiger partial charge in [-0.3, -0.25) is 0 Å². The Kier molecular flexibility index (Phi) is 4.15. The molecule has 0 atom stereocenters. The molecule has 0 spiro atoms. The van der Waals surface area contributed by atoms with Gasteiger partial charge < -0.3 is 9.84 Å². The molecule has 0 aliphatic carbocycles. The molecule has 2 rings (SSSR count). The molecule has 0 saturated heterocycles. The molecule has 0 saturated carbocycles. The highest BCUT2D eigenvalue weighted by Gasteiger charge is 2.07. The van der Waals surface area contributed by atoms with E-state index in [9.17, 15) is 0 Å². The van der Waals surface area contributed by atoms with Gasteiger partial charge in [-0.05, 0) is 44.0 Å². The van der Waals surface area contributed by atoms with Crippen LogP contribution in [0.1, 0.15) is 30.2 Å². The highest BCUT2D eigenvalue weighted by atomic mass is 16.5. The third-order valence-corrected chi connectivity index (χ3v) is 3.08. The van der Waals surface area contributed by atoms with E-state index in [4.69, 9.17) is 4.52 Å². The Hall–Kier alpha value is -1.61. The minimum atomic E-state index is 0.766. The van der Waals surface area contributed by atoms with Gasteiger partial charge in [0.25, 0.3) is 0 Å². The van der Waals surface area contributed by atoms with Crippen molar-refractivity contribution in [2.75, 3.05) is 6.54 Å². The van der Waals surface area contributed by atoms with E-state index in [1.807, 2.05) is 6.07 Å². The SMILES string of the molecule is CCCNCc1cc(-c2ccc(C)c(C)c2)on1. The molecule has 3 nitrogen and oxygen atoms in total. The van der Waals surface area contributed by atoms with Crippen LogP contribution in [-0.4, -0.2) is 11.7 Å². The van der Waals surface area contributed by atoms with Crippen molar-refractivity contribution in [3.63, 3.8) is 0 Å². The third-order valence-electron chi connectivity index (χ3n) is 3.08. The predicted octanol–water partition coefficient (Wildman–Crippen LogP) is 3.46. The van der Waals surface area contributed by atoms with Crippen LogP contribution in [0.2, 0.25) is 0 Å². The van der Waals surface area contributed by atoms with Crippen molar-refractivity contribution in [2.45, 2.75) is 33.7 Å². The molecular formula is C15H20N2O. The summed E-state index contributed by atoms with van der Waals surface area (Å²) in [5.41, 5.74) is 4.61. The van der Waals surface area contributed by atoms with Crippen molar-refractivity contribution in [2.24, 2.45) is 0 Å². The number of benzene rings is 1. The van der Waals surface area contributed by atoms with E-state index in [0.29, 0.717) is 0 Å². The van der Waals surface area contributed by atoms with Gasteiger partial charge in [-0.2, -0.15) is 0 Å². The van der Waals surface area contributed by atoms with Crippen molar-refractivity contribution in [3.05, 3.63) is 41.1 Å². The summed E-state index contributed by atoms with van der Waals surface area (Å²) in [7, 11) is 0. The van der Waals surface area contributed by atoms with Crippen LogP contribution in [-0.2, 0) is 6.54 Å². The van der Waals surface area contributed by atoms with Crippen molar-refractivity contribution < 1.29 is 4.52 Å². The number of rotatable bonds is 5. The first-order valence-electron chi connectivity index (χ1n) is 6.44. The van der Waals surface area contributed by atoms with E-state index >= 15 is 0 Å². The molecule has 0 unspecified atom stereocenters. The molecule has 0 amide bonds. The van der Waals surface area contributed by atoms with E-state index in [1.165, 1.54) is 11.1 Å². The van der Waals surface area contributed by atoms with Gasteiger partial charge in [0.15, 0.2) is 5.76 Å². The first-order valence-corrected chi connectivity index (χ1v) is 6.44. The van der Waals surface area contributed by atoms with Crippen molar-refractivity contribution in [1.29, 1.82) is 0 Å². The van der Waals surface area contributed by atoms with Gasteiger partial charge in [0.2, 0.25) is 0 Å². The summed E-state index contributed by atoms with van der Waals surface area (Å²) in [4.78, 5) is 0. The lowest BCUT2D eigenvalue weighted by atomic mass is 10.0. The Balaban J connectivity index is 2.11. The molecule has 18 heavy (non-hydrogen) atoms. The number of hydrogen-bond donors (Lipinski definition) is 1. The maximum absolute atomic E-state index is 5.39. The van der Waals surface area contributed by atoms with Crippen LogP contribution in [0.3, 0.4) is 0 Å². The van der Waals surface area contributed by atoms with E-state index < -0.39 is 0 Å². The average Bonchev–Trinajstić information content (AvgIpc) is 2.82. The van der Waals surface area contributed by atoms with Crippen LogP contribution in [0, 0.1) is 13.8 Å². The number of hydrogen-bond acceptors (Lipinski definition) is 3. The fraction of sp³-hybridized carbons (Fsp3) is 0.400. The predicted molar refractivity (Wildman–Crippen MR) is 73.4 cm³/mol. The molecule has 0 aliphatic heterocycles. The van der Waals surface area contributed by atoms with Gasteiger partial charge in [0.05, 0.1) is 5.69 Å². The monoisotopic (exact) mass is 244 g/mol. The molecule has 0 bridgehead atoms. The Morgan fingerprint density at radius 2 is 2.00 bits per heavy atom. The van der Waals surface area contributed by atoms with Crippen LogP contribution >= 0.6 is 0 Å². The fourth-order valence-electron chi connectivity index (χ4n) is 1.82. The number of aromatic nitrogens is 1. The Morgan fingerprint density at radius 3 is 2.72 bits per heavy atom. The van der Waals surface area contributed by atoms with Crippen LogP contribution in [0.5, 0.6) is 0 Å².